The molecule has 0 aliphatic carbocycles. The van der Waals surface area contributed by atoms with E-state index in [4.69, 9.17) is 20.8 Å². The molecule has 0 fully saturated rings. The molecule has 1 aromatic rings. The largest absolute Gasteiger partial charge is 0.496 e. The fraction of sp³-hybridized carbons (Fsp3) is 0.500. The first-order valence-electron chi connectivity index (χ1n) is 6.44. The van der Waals surface area contributed by atoms with E-state index < -0.39 is 0 Å². The first kappa shape index (κ1) is 16.3. The summed E-state index contributed by atoms with van der Waals surface area (Å²) in [5.41, 5.74) is 7.01. The van der Waals surface area contributed by atoms with E-state index in [0.717, 1.165) is 5.56 Å². The number of ether oxygens (including phenoxy) is 1. The van der Waals surface area contributed by atoms with E-state index in [2.05, 4.69) is 10.5 Å². The predicted octanol–water partition coefficient (Wildman–Crippen LogP) is 1.04. The smallest absolute Gasteiger partial charge is 0.173 e. The van der Waals surface area contributed by atoms with Crippen LogP contribution in [0.2, 0.25) is 0 Å². The molecule has 0 spiro atoms. The van der Waals surface area contributed by atoms with Gasteiger partial charge in [0.15, 0.2) is 5.84 Å². The summed E-state index contributed by atoms with van der Waals surface area (Å²) in [6.07, 6.45) is 0.663. The number of aliphatic hydroxyl groups is 1. The number of nitrogens with zero attached hydrogens (tertiary/aromatic N) is 1. The van der Waals surface area contributed by atoms with Crippen molar-refractivity contribution in [3.8, 4) is 5.75 Å². The molecular weight excluding hydrogens is 258 g/mol. The van der Waals surface area contributed by atoms with Gasteiger partial charge in [0.2, 0.25) is 0 Å². The summed E-state index contributed by atoms with van der Waals surface area (Å²) in [6, 6.07) is 5.51. The van der Waals surface area contributed by atoms with Gasteiger partial charge in [0.25, 0.3) is 0 Å². The molecule has 0 amide bonds. The summed E-state index contributed by atoms with van der Waals surface area (Å²) in [5, 5.41) is 24.2. The minimum atomic E-state index is -0.161. The van der Waals surface area contributed by atoms with Crippen LogP contribution in [-0.2, 0) is 6.54 Å². The molecule has 0 saturated heterocycles. The summed E-state index contributed by atoms with van der Waals surface area (Å²) in [5.74, 6) is 0.567. The molecule has 0 heterocycles. The standard InChI is InChI=1S/C14H23N3O3/c1-14(2,6-7-18)16-9-10-4-5-12(20-3)11(8-10)13(15)17-19/h4-5,8,16,18-19H,6-7,9H2,1-3H3,(H2,15,17). The van der Waals surface area contributed by atoms with E-state index in [1.54, 1.807) is 6.07 Å². The van der Waals surface area contributed by atoms with Crippen molar-refractivity contribution in [2.45, 2.75) is 32.4 Å². The summed E-state index contributed by atoms with van der Waals surface area (Å²) in [6.45, 7) is 4.80. The molecule has 1 rings (SSSR count). The summed E-state index contributed by atoms with van der Waals surface area (Å²) in [7, 11) is 1.53. The molecule has 0 saturated carbocycles. The molecule has 0 aliphatic rings. The van der Waals surface area contributed by atoms with Gasteiger partial charge in [0, 0.05) is 18.7 Å². The van der Waals surface area contributed by atoms with Gasteiger partial charge in [-0.05, 0) is 38.0 Å². The second-order valence-electron chi connectivity index (χ2n) is 5.23. The third-order valence-corrected chi connectivity index (χ3v) is 3.16. The van der Waals surface area contributed by atoms with E-state index >= 15 is 0 Å². The van der Waals surface area contributed by atoms with Crippen molar-refractivity contribution in [1.82, 2.24) is 5.32 Å². The fourth-order valence-electron chi connectivity index (χ4n) is 1.83. The van der Waals surface area contributed by atoms with Crippen LogP contribution in [0.1, 0.15) is 31.4 Å². The van der Waals surface area contributed by atoms with Crippen molar-refractivity contribution >= 4 is 5.84 Å². The summed E-state index contributed by atoms with van der Waals surface area (Å²) >= 11 is 0. The van der Waals surface area contributed by atoms with Crippen LogP contribution >= 0.6 is 0 Å². The van der Waals surface area contributed by atoms with Crippen LogP contribution in [0.4, 0.5) is 0 Å². The van der Waals surface area contributed by atoms with Crippen LogP contribution in [0.25, 0.3) is 0 Å². The lowest BCUT2D eigenvalue weighted by Gasteiger charge is -2.25. The summed E-state index contributed by atoms with van der Waals surface area (Å²) in [4.78, 5) is 0. The average molecular weight is 281 g/mol. The topological polar surface area (TPSA) is 100 Å². The lowest BCUT2D eigenvalue weighted by molar-refractivity contribution is 0.230. The zero-order valence-corrected chi connectivity index (χ0v) is 12.2. The van der Waals surface area contributed by atoms with Crippen LogP contribution < -0.4 is 15.8 Å². The van der Waals surface area contributed by atoms with Gasteiger partial charge in [-0.25, -0.2) is 0 Å². The number of amidine groups is 1. The fourth-order valence-corrected chi connectivity index (χ4v) is 1.83. The second-order valence-corrected chi connectivity index (χ2v) is 5.23. The quantitative estimate of drug-likeness (QED) is 0.259. The monoisotopic (exact) mass is 281 g/mol. The zero-order chi connectivity index (χ0) is 15.2. The molecular formula is C14H23N3O3. The van der Waals surface area contributed by atoms with E-state index in [-0.39, 0.29) is 18.0 Å². The van der Waals surface area contributed by atoms with E-state index in [9.17, 15) is 0 Å². The number of nitrogens with two attached hydrogens (primary N) is 1. The Hall–Kier alpha value is -1.79. The highest BCUT2D eigenvalue weighted by Gasteiger charge is 2.16. The third-order valence-electron chi connectivity index (χ3n) is 3.16. The first-order chi connectivity index (χ1) is 9.43. The van der Waals surface area contributed by atoms with Crippen LogP contribution in [0.15, 0.2) is 23.4 Å². The van der Waals surface area contributed by atoms with Crippen molar-refractivity contribution in [3.05, 3.63) is 29.3 Å². The van der Waals surface area contributed by atoms with Crippen molar-refractivity contribution in [1.29, 1.82) is 0 Å². The number of aliphatic hydroxyl groups excluding tert-OH is 1. The van der Waals surface area contributed by atoms with Gasteiger partial charge in [0.05, 0.1) is 12.7 Å². The highest BCUT2D eigenvalue weighted by atomic mass is 16.5. The van der Waals surface area contributed by atoms with Gasteiger partial charge < -0.3 is 26.1 Å². The predicted molar refractivity (Wildman–Crippen MR) is 78.1 cm³/mol. The molecule has 6 heteroatoms. The molecule has 0 aromatic heterocycles. The molecule has 20 heavy (non-hydrogen) atoms. The third kappa shape index (κ3) is 4.40. The Kier molecular flexibility index (Phi) is 5.79. The van der Waals surface area contributed by atoms with E-state index in [1.807, 2.05) is 26.0 Å². The highest BCUT2D eigenvalue weighted by molar-refractivity contribution is 5.99. The molecule has 112 valence electrons. The SMILES string of the molecule is COc1ccc(CNC(C)(C)CCO)cc1/C(N)=N/O. The number of rotatable bonds is 7. The molecule has 0 aliphatic heterocycles. The minimum absolute atomic E-state index is 0.0123. The van der Waals surface area contributed by atoms with Gasteiger partial charge in [0.1, 0.15) is 5.75 Å². The molecule has 5 N–H and O–H groups in total. The average Bonchev–Trinajstić information content (AvgIpc) is 2.44. The Labute approximate surface area is 119 Å². The second kappa shape index (κ2) is 7.12. The zero-order valence-electron chi connectivity index (χ0n) is 12.2. The molecule has 1 aromatic carbocycles. The maximum atomic E-state index is 9.00. The van der Waals surface area contributed by atoms with Crippen LogP contribution in [0.5, 0.6) is 5.75 Å². The van der Waals surface area contributed by atoms with Gasteiger partial charge in [-0.2, -0.15) is 0 Å². The van der Waals surface area contributed by atoms with Crippen molar-refractivity contribution in [3.63, 3.8) is 0 Å². The minimum Gasteiger partial charge on any atom is -0.496 e. The number of nitrogens with one attached hydrogen (secondary N) is 1. The van der Waals surface area contributed by atoms with Gasteiger partial charge in [-0.15, -0.1) is 0 Å². The Morgan fingerprint density at radius 1 is 1.45 bits per heavy atom. The van der Waals surface area contributed by atoms with Crippen LogP contribution in [0.3, 0.4) is 0 Å². The molecule has 0 radical (unpaired) electrons. The molecule has 0 atom stereocenters. The highest BCUT2D eigenvalue weighted by Crippen LogP contribution is 2.20. The lowest BCUT2D eigenvalue weighted by Crippen LogP contribution is -2.39. The Balaban J connectivity index is 2.87. The van der Waals surface area contributed by atoms with E-state index in [1.165, 1.54) is 7.11 Å². The van der Waals surface area contributed by atoms with Gasteiger partial charge in [-0.3, -0.25) is 0 Å². The molecule has 0 unspecified atom stereocenters. The normalized spacial score (nSPS) is 12.5. The van der Waals surface area contributed by atoms with Crippen molar-refractivity contribution in [2.24, 2.45) is 10.9 Å². The Bertz CT molecular complexity index is 473. The number of oxime groups is 1. The maximum Gasteiger partial charge on any atom is 0.173 e. The van der Waals surface area contributed by atoms with E-state index in [0.29, 0.717) is 24.3 Å². The van der Waals surface area contributed by atoms with Crippen LogP contribution in [-0.4, -0.2) is 35.4 Å². The number of hydrogen-bond donors (Lipinski definition) is 4. The first-order valence-corrected chi connectivity index (χ1v) is 6.44. The maximum absolute atomic E-state index is 9.00. The van der Waals surface area contributed by atoms with Crippen molar-refractivity contribution in [2.75, 3.05) is 13.7 Å². The Morgan fingerprint density at radius 3 is 2.70 bits per heavy atom. The van der Waals surface area contributed by atoms with Gasteiger partial charge in [-0.1, -0.05) is 11.2 Å². The number of hydrogen-bond acceptors (Lipinski definition) is 5. The van der Waals surface area contributed by atoms with Gasteiger partial charge >= 0.3 is 0 Å². The molecule has 0 bridgehead atoms. The molecule has 6 nitrogen and oxygen atoms in total. The number of benzene rings is 1. The van der Waals surface area contributed by atoms with Crippen molar-refractivity contribution < 1.29 is 15.1 Å². The number of methoxy groups -OCH3 is 1. The Morgan fingerprint density at radius 2 is 2.15 bits per heavy atom. The lowest BCUT2D eigenvalue weighted by atomic mass is 10.0. The summed E-state index contributed by atoms with van der Waals surface area (Å²) < 4.78 is 5.18. The van der Waals surface area contributed by atoms with Crippen LogP contribution in [0, 0.1) is 0 Å².